The second-order valence-electron chi connectivity index (χ2n) is 4.14. The van der Waals surface area contributed by atoms with Crippen molar-refractivity contribution in [1.82, 2.24) is 4.57 Å². The van der Waals surface area contributed by atoms with Crippen LogP contribution in [0.5, 0.6) is 0 Å². The first-order valence-corrected chi connectivity index (χ1v) is 6.45. The monoisotopic (exact) mass is 262 g/mol. The van der Waals surface area contributed by atoms with Crippen LogP contribution in [0.2, 0.25) is 0 Å². The number of thiazole rings is 1. The van der Waals surface area contributed by atoms with Crippen molar-refractivity contribution < 1.29 is 4.79 Å². The second kappa shape index (κ2) is 5.18. The lowest BCUT2D eigenvalue weighted by atomic mass is 10.2. The van der Waals surface area contributed by atoms with Crippen LogP contribution in [0.25, 0.3) is 0 Å². The molecule has 0 aliphatic rings. The summed E-state index contributed by atoms with van der Waals surface area (Å²) in [6, 6.07) is 7.54. The van der Waals surface area contributed by atoms with Gasteiger partial charge in [0.05, 0.1) is 0 Å². The fourth-order valence-corrected chi connectivity index (χ4v) is 2.31. The molecular formula is C13H14N2O2S. The number of aromatic nitrogens is 1. The average Bonchev–Trinajstić information content (AvgIpc) is 2.64. The second-order valence-corrected chi connectivity index (χ2v) is 4.96. The van der Waals surface area contributed by atoms with Gasteiger partial charge in [0.15, 0.2) is 0 Å². The van der Waals surface area contributed by atoms with Crippen LogP contribution >= 0.6 is 11.3 Å². The van der Waals surface area contributed by atoms with E-state index in [1.807, 2.05) is 38.1 Å². The highest BCUT2D eigenvalue weighted by molar-refractivity contribution is 7.07. The first kappa shape index (κ1) is 12.6. The molecule has 0 saturated heterocycles. The number of amides is 1. The molecule has 2 aromatic rings. The molecule has 0 unspecified atom stereocenters. The Balaban J connectivity index is 2.05. The lowest BCUT2D eigenvalue weighted by Gasteiger charge is -2.07. The van der Waals surface area contributed by atoms with E-state index in [1.165, 1.54) is 4.57 Å². The van der Waals surface area contributed by atoms with Crippen LogP contribution in [0.4, 0.5) is 5.69 Å². The van der Waals surface area contributed by atoms with Crippen molar-refractivity contribution in [2.45, 2.75) is 20.4 Å². The molecule has 1 N–H and O–H groups in total. The highest BCUT2D eigenvalue weighted by atomic mass is 32.1. The summed E-state index contributed by atoms with van der Waals surface area (Å²) in [5, 5.41) is 4.52. The first-order valence-electron chi connectivity index (χ1n) is 5.58. The topological polar surface area (TPSA) is 51.1 Å². The van der Waals surface area contributed by atoms with Gasteiger partial charge in [-0.15, -0.1) is 0 Å². The molecule has 5 heteroatoms. The number of aryl methyl sites for hydroxylation is 2. The molecule has 2 rings (SSSR count). The first-order chi connectivity index (χ1) is 8.56. The van der Waals surface area contributed by atoms with Gasteiger partial charge in [0, 0.05) is 16.8 Å². The van der Waals surface area contributed by atoms with Crippen LogP contribution < -0.4 is 10.2 Å². The Labute approximate surface area is 109 Å². The quantitative estimate of drug-likeness (QED) is 0.921. The molecule has 4 nitrogen and oxygen atoms in total. The average molecular weight is 262 g/mol. The molecule has 1 aromatic heterocycles. The molecule has 1 heterocycles. The summed E-state index contributed by atoms with van der Waals surface area (Å²) in [4.78, 5) is 23.2. The van der Waals surface area contributed by atoms with Gasteiger partial charge in [-0.3, -0.25) is 14.2 Å². The third-order valence-corrected chi connectivity index (χ3v) is 3.49. The van der Waals surface area contributed by atoms with Crippen molar-refractivity contribution in [2.24, 2.45) is 0 Å². The van der Waals surface area contributed by atoms with Crippen LogP contribution in [-0.2, 0) is 11.3 Å². The van der Waals surface area contributed by atoms with E-state index in [9.17, 15) is 9.59 Å². The Kier molecular flexibility index (Phi) is 3.62. The number of nitrogens with zero attached hydrogens (tertiary/aromatic N) is 1. The van der Waals surface area contributed by atoms with Gasteiger partial charge in [0.1, 0.15) is 6.54 Å². The third-order valence-electron chi connectivity index (χ3n) is 2.61. The van der Waals surface area contributed by atoms with E-state index in [4.69, 9.17) is 0 Å². The maximum atomic E-state index is 11.8. The molecule has 0 fully saturated rings. The summed E-state index contributed by atoms with van der Waals surface area (Å²) in [7, 11) is 0. The Hall–Kier alpha value is -1.88. The number of hydrogen-bond donors (Lipinski definition) is 1. The predicted octanol–water partition coefficient (Wildman–Crippen LogP) is 2.17. The van der Waals surface area contributed by atoms with Gasteiger partial charge >= 0.3 is 4.87 Å². The van der Waals surface area contributed by atoms with Crippen LogP contribution in [0.15, 0.2) is 34.4 Å². The summed E-state index contributed by atoms with van der Waals surface area (Å²) in [5.74, 6) is -0.192. The van der Waals surface area contributed by atoms with Crippen molar-refractivity contribution in [3.05, 3.63) is 50.6 Å². The Morgan fingerprint density at radius 3 is 2.50 bits per heavy atom. The highest BCUT2D eigenvalue weighted by Crippen LogP contribution is 2.09. The minimum absolute atomic E-state index is 0.0576. The maximum Gasteiger partial charge on any atom is 0.307 e. The number of benzene rings is 1. The van der Waals surface area contributed by atoms with Gasteiger partial charge in [-0.05, 0) is 26.0 Å². The van der Waals surface area contributed by atoms with E-state index >= 15 is 0 Å². The van der Waals surface area contributed by atoms with Crippen molar-refractivity contribution >= 4 is 22.9 Å². The number of hydrogen-bond acceptors (Lipinski definition) is 3. The molecule has 1 aromatic carbocycles. The number of rotatable bonds is 3. The minimum atomic E-state index is -0.192. The normalized spacial score (nSPS) is 10.3. The molecule has 0 atom stereocenters. The standard InChI is InChI=1S/C13H14N2O2S/c1-9-3-5-11(6-4-9)14-12(16)7-15-10(2)8-18-13(15)17/h3-6,8H,7H2,1-2H3,(H,14,16). The lowest BCUT2D eigenvalue weighted by Crippen LogP contribution is -2.25. The Bertz CT molecular complexity index is 611. The van der Waals surface area contributed by atoms with Gasteiger partial charge in [-0.2, -0.15) is 0 Å². The summed E-state index contributed by atoms with van der Waals surface area (Å²) in [6.45, 7) is 3.86. The van der Waals surface area contributed by atoms with Crippen LogP contribution in [-0.4, -0.2) is 10.5 Å². The zero-order valence-electron chi connectivity index (χ0n) is 10.3. The molecule has 0 spiro atoms. The number of carbonyl (C=O) groups is 1. The van der Waals surface area contributed by atoms with Crippen LogP contribution in [0.1, 0.15) is 11.3 Å². The van der Waals surface area contributed by atoms with Gasteiger partial charge in [-0.25, -0.2) is 0 Å². The van der Waals surface area contributed by atoms with E-state index in [0.29, 0.717) is 0 Å². The molecular weight excluding hydrogens is 248 g/mol. The van der Waals surface area contributed by atoms with Gasteiger partial charge in [0.25, 0.3) is 0 Å². The molecule has 0 aliphatic heterocycles. The fraction of sp³-hybridized carbons (Fsp3) is 0.231. The molecule has 0 bridgehead atoms. The third kappa shape index (κ3) is 2.87. The summed E-state index contributed by atoms with van der Waals surface area (Å²) >= 11 is 1.11. The minimum Gasteiger partial charge on any atom is -0.325 e. The van der Waals surface area contributed by atoms with E-state index in [0.717, 1.165) is 28.3 Å². The maximum absolute atomic E-state index is 11.8. The van der Waals surface area contributed by atoms with Crippen molar-refractivity contribution in [1.29, 1.82) is 0 Å². The van der Waals surface area contributed by atoms with Crippen LogP contribution in [0.3, 0.4) is 0 Å². The van der Waals surface area contributed by atoms with Crippen molar-refractivity contribution in [3.8, 4) is 0 Å². The number of carbonyl (C=O) groups excluding carboxylic acids is 1. The summed E-state index contributed by atoms with van der Waals surface area (Å²) < 4.78 is 1.47. The van der Waals surface area contributed by atoms with Gasteiger partial charge in [-0.1, -0.05) is 29.0 Å². The van der Waals surface area contributed by atoms with E-state index < -0.39 is 0 Å². The molecule has 94 valence electrons. The van der Waals surface area contributed by atoms with Crippen LogP contribution in [0, 0.1) is 13.8 Å². The Morgan fingerprint density at radius 2 is 1.94 bits per heavy atom. The van der Waals surface area contributed by atoms with Crippen molar-refractivity contribution in [3.63, 3.8) is 0 Å². The molecule has 0 radical (unpaired) electrons. The summed E-state index contributed by atoms with van der Waals surface area (Å²) in [6.07, 6.45) is 0. The molecule has 0 aliphatic carbocycles. The number of nitrogens with one attached hydrogen (secondary N) is 1. The largest absolute Gasteiger partial charge is 0.325 e. The fourth-order valence-electron chi connectivity index (χ4n) is 1.58. The van der Waals surface area contributed by atoms with E-state index in [2.05, 4.69) is 5.32 Å². The zero-order valence-corrected chi connectivity index (χ0v) is 11.1. The summed E-state index contributed by atoms with van der Waals surface area (Å²) in [5.41, 5.74) is 2.69. The smallest absolute Gasteiger partial charge is 0.307 e. The number of anilines is 1. The lowest BCUT2D eigenvalue weighted by molar-refractivity contribution is -0.116. The SMILES string of the molecule is Cc1ccc(NC(=O)Cn2c(C)csc2=O)cc1. The van der Waals surface area contributed by atoms with E-state index in [-0.39, 0.29) is 17.3 Å². The highest BCUT2D eigenvalue weighted by Gasteiger charge is 2.08. The van der Waals surface area contributed by atoms with Gasteiger partial charge in [0.2, 0.25) is 5.91 Å². The molecule has 18 heavy (non-hydrogen) atoms. The Morgan fingerprint density at radius 1 is 1.28 bits per heavy atom. The predicted molar refractivity (Wildman–Crippen MR) is 73.1 cm³/mol. The molecule has 1 amide bonds. The molecule has 0 saturated carbocycles. The zero-order chi connectivity index (χ0) is 13.1. The van der Waals surface area contributed by atoms with Crippen molar-refractivity contribution in [2.75, 3.05) is 5.32 Å². The van der Waals surface area contributed by atoms with Gasteiger partial charge < -0.3 is 5.32 Å². The van der Waals surface area contributed by atoms with E-state index in [1.54, 1.807) is 5.38 Å².